The average molecular weight is 370 g/mol. The van der Waals surface area contributed by atoms with E-state index in [1.807, 2.05) is 72.3 Å². The molecule has 0 atom stereocenters. The molecule has 0 unspecified atom stereocenters. The van der Waals surface area contributed by atoms with E-state index >= 15 is 0 Å². The van der Waals surface area contributed by atoms with Crippen molar-refractivity contribution in [1.82, 2.24) is 25.2 Å². The van der Waals surface area contributed by atoms with Crippen LogP contribution in [0, 0.1) is 0 Å². The van der Waals surface area contributed by atoms with Gasteiger partial charge in [-0.05, 0) is 30.7 Å². The second-order valence-electron chi connectivity index (χ2n) is 6.19. The second kappa shape index (κ2) is 7.71. The Labute approximate surface area is 161 Å². The van der Waals surface area contributed by atoms with Crippen LogP contribution in [-0.2, 0) is 0 Å². The van der Waals surface area contributed by atoms with Gasteiger partial charge in [-0.3, -0.25) is 9.89 Å². The quantitative estimate of drug-likeness (QED) is 0.417. The normalized spacial score (nSPS) is 11.4. The van der Waals surface area contributed by atoms with Crippen LogP contribution in [0.3, 0.4) is 0 Å². The number of rotatable bonds is 5. The fourth-order valence-corrected chi connectivity index (χ4v) is 2.74. The third-order valence-electron chi connectivity index (χ3n) is 4.30. The van der Waals surface area contributed by atoms with Crippen LogP contribution in [0.15, 0.2) is 84.5 Å². The maximum atomic E-state index is 12.3. The van der Waals surface area contributed by atoms with Crippen molar-refractivity contribution in [3.63, 3.8) is 0 Å². The van der Waals surface area contributed by atoms with Gasteiger partial charge in [-0.25, -0.2) is 10.4 Å². The Kier molecular flexibility index (Phi) is 4.79. The van der Waals surface area contributed by atoms with Crippen LogP contribution in [0.5, 0.6) is 0 Å². The van der Waals surface area contributed by atoms with E-state index in [0.717, 1.165) is 16.8 Å². The molecule has 2 heterocycles. The largest absolute Gasteiger partial charge is 0.306 e. The predicted octanol–water partition coefficient (Wildman–Crippen LogP) is 3.42. The van der Waals surface area contributed by atoms with Crippen LogP contribution >= 0.6 is 0 Å². The van der Waals surface area contributed by atoms with E-state index in [4.69, 9.17) is 0 Å². The lowest BCUT2D eigenvalue weighted by Crippen LogP contribution is -2.19. The first-order chi connectivity index (χ1) is 13.7. The Balaban J connectivity index is 1.43. The topological polar surface area (TPSA) is 88.0 Å². The van der Waals surface area contributed by atoms with Gasteiger partial charge in [0, 0.05) is 23.6 Å². The molecule has 28 heavy (non-hydrogen) atoms. The molecule has 0 aliphatic rings. The van der Waals surface area contributed by atoms with E-state index in [1.54, 1.807) is 18.6 Å². The van der Waals surface area contributed by atoms with E-state index in [1.165, 1.54) is 0 Å². The molecule has 2 aromatic carbocycles. The zero-order chi connectivity index (χ0) is 19.3. The van der Waals surface area contributed by atoms with Gasteiger partial charge in [-0.15, -0.1) is 0 Å². The molecule has 0 radical (unpaired) electrons. The lowest BCUT2D eigenvalue weighted by molar-refractivity contribution is 0.0950. The van der Waals surface area contributed by atoms with Crippen LogP contribution in [0.4, 0.5) is 0 Å². The Morgan fingerprint density at radius 2 is 1.89 bits per heavy atom. The van der Waals surface area contributed by atoms with E-state index in [0.29, 0.717) is 17.1 Å². The number of hydrogen-bond donors (Lipinski definition) is 2. The lowest BCUT2D eigenvalue weighted by atomic mass is 10.1. The van der Waals surface area contributed by atoms with Crippen LogP contribution in [0.2, 0.25) is 0 Å². The summed E-state index contributed by atoms with van der Waals surface area (Å²) in [7, 11) is 0. The van der Waals surface area contributed by atoms with Crippen molar-refractivity contribution in [3.05, 3.63) is 90.6 Å². The average Bonchev–Trinajstić information content (AvgIpc) is 3.45. The summed E-state index contributed by atoms with van der Waals surface area (Å²) in [5, 5.41) is 11.1. The van der Waals surface area contributed by atoms with Gasteiger partial charge >= 0.3 is 0 Å². The number of aromatic amines is 1. The number of H-pyrrole nitrogens is 1. The highest BCUT2D eigenvalue weighted by Crippen LogP contribution is 2.16. The molecule has 7 nitrogen and oxygen atoms in total. The Morgan fingerprint density at radius 1 is 1.11 bits per heavy atom. The minimum Gasteiger partial charge on any atom is -0.306 e. The number of hydrogen-bond acceptors (Lipinski definition) is 4. The highest BCUT2D eigenvalue weighted by Gasteiger charge is 2.10. The number of amides is 1. The SMILES string of the molecule is CC(=NNC(=O)c1cc(-c2ccccc2)n[nH]1)c1ccc(-n2ccnc2)cc1. The highest BCUT2D eigenvalue weighted by molar-refractivity contribution is 6.00. The van der Waals surface area contributed by atoms with E-state index < -0.39 is 0 Å². The molecule has 0 aliphatic carbocycles. The molecule has 0 saturated carbocycles. The van der Waals surface area contributed by atoms with Crippen molar-refractivity contribution in [1.29, 1.82) is 0 Å². The van der Waals surface area contributed by atoms with Gasteiger partial charge in [-0.2, -0.15) is 10.2 Å². The number of hydrazone groups is 1. The molecule has 1 amide bonds. The fraction of sp³-hybridized carbons (Fsp3) is 0.0476. The number of carbonyl (C=O) groups is 1. The van der Waals surface area contributed by atoms with Gasteiger partial charge in [0.15, 0.2) is 0 Å². The van der Waals surface area contributed by atoms with Crippen molar-refractivity contribution in [2.24, 2.45) is 5.10 Å². The molecular weight excluding hydrogens is 352 g/mol. The molecule has 138 valence electrons. The maximum Gasteiger partial charge on any atom is 0.289 e. The van der Waals surface area contributed by atoms with Gasteiger partial charge in [0.2, 0.25) is 0 Å². The van der Waals surface area contributed by atoms with E-state index in [-0.39, 0.29) is 5.91 Å². The number of imidazole rings is 1. The Morgan fingerprint density at radius 3 is 2.61 bits per heavy atom. The van der Waals surface area contributed by atoms with Gasteiger partial charge < -0.3 is 4.57 Å². The lowest BCUT2D eigenvalue weighted by Gasteiger charge is -2.05. The molecule has 4 rings (SSSR count). The first-order valence-electron chi connectivity index (χ1n) is 8.75. The highest BCUT2D eigenvalue weighted by atomic mass is 16.2. The maximum absolute atomic E-state index is 12.3. The summed E-state index contributed by atoms with van der Waals surface area (Å²) in [5.41, 5.74) is 7.19. The standard InChI is InChI=1S/C21H18N6O/c1-15(16-7-9-18(10-8-16)27-12-11-22-14-27)23-26-21(28)20-13-19(24-25-20)17-5-3-2-4-6-17/h2-14H,1H3,(H,24,25)(H,26,28). The smallest absolute Gasteiger partial charge is 0.289 e. The minimum atomic E-state index is -0.343. The monoisotopic (exact) mass is 370 g/mol. The van der Waals surface area contributed by atoms with Gasteiger partial charge in [0.05, 0.1) is 17.7 Å². The molecule has 0 spiro atoms. The van der Waals surface area contributed by atoms with Crippen LogP contribution in [0.1, 0.15) is 23.0 Å². The van der Waals surface area contributed by atoms with Gasteiger partial charge in [0.1, 0.15) is 5.69 Å². The first kappa shape index (κ1) is 17.4. The van der Waals surface area contributed by atoms with Crippen molar-refractivity contribution in [3.8, 4) is 16.9 Å². The molecule has 0 fully saturated rings. The van der Waals surface area contributed by atoms with Crippen molar-refractivity contribution in [2.75, 3.05) is 0 Å². The van der Waals surface area contributed by atoms with E-state index in [9.17, 15) is 4.79 Å². The summed E-state index contributed by atoms with van der Waals surface area (Å²) in [5.74, 6) is -0.343. The zero-order valence-electron chi connectivity index (χ0n) is 15.2. The molecule has 4 aromatic rings. The summed E-state index contributed by atoms with van der Waals surface area (Å²) in [6.07, 6.45) is 5.35. The summed E-state index contributed by atoms with van der Waals surface area (Å²) in [6, 6.07) is 19.2. The number of benzene rings is 2. The molecule has 0 aliphatic heterocycles. The third-order valence-corrected chi connectivity index (χ3v) is 4.30. The minimum absolute atomic E-state index is 0.343. The third kappa shape index (κ3) is 3.73. The second-order valence-corrected chi connectivity index (χ2v) is 6.19. The summed E-state index contributed by atoms with van der Waals surface area (Å²) < 4.78 is 1.92. The van der Waals surface area contributed by atoms with E-state index in [2.05, 4.69) is 25.7 Å². The van der Waals surface area contributed by atoms with Crippen LogP contribution < -0.4 is 5.43 Å². The van der Waals surface area contributed by atoms with Crippen LogP contribution in [-0.4, -0.2) is 31.4 Å². The number of nitrogens with zero attached hydrogens (tertiary/aromatic N) is 4. The summed E-state index contributed by atoms with van der Waals surface area (Å²) >= 11 is 0. The van der Waals surface area contributed by atoms with Gasteiger partial charge in [0.25, 0.3) is 5.91 Å². The molecule has 0 saturated heterocycles. The molecular formula is C21H18N6O. The van der Waals surface area contributed by atoms with Crippen LogP contribution in [0.25, 0.3) is 16.9 Å². The Bertz CT molecular complexity index is 1100. The molecule has 0 bridgehead atoms. The Hall–Kier alpha value is -4.00. The molecule has 7 heteroatoms. The van der Waals surface area contributed by atoms with Crippen molar-refractivity contribution in [2.45, 2.75) is 6.92 Å². The molecule has 2 aromatic heterocycles. The zero-order valence-corrected chi connectivity index (χ0v) is 15.2. The predicted molar refractivity (Wildman–Crippen MR) is 107 cm³/mol. The summed E-state index contributed by atoms with van der Waals surface area (Å²) in [6.45, 7) is 1.84. The fourth-order valence-electron chi connectivity index (χ4n) is 2.74. The van der Waals surface area contributed by atoms with Gasteiger partial charge in [-0.1, -0.05) is 42.5 Å². The van der Waals surface area contributed by atoms with Crippen molar-refractivity contribution < 1.29 is 4.79 Å². The molecule has 2 N–H and O–H groups in total. The number of carbonyl (C=O) groups excluding carboxylic acids is 1. The summed E-state index contributed by atoms with van der Waals surface area (Å²) in [4.78, 5) is 16.4. The number of aromatic nitrogens is 4. The first-order valence-corrected chi connectivity index (χ1v) is 8.75. The number of nitrogens with one attached hydrogen (secondary N) is 2. The van der Waals surface area contributed by atoms with Crippen molar-refractivity contribution >= 4 is 11.6 Å².